The zero-order chi connectivity index (χ0) is 25.3. The van der Waals surface area contributed by atoms with E-state index in [-0.39, 0.29) is 37.3 Å². The van der Waals surface area contributed by atoms with Gasteiger partial charge in [0.2, 0.25) is 0 Å². The summed E-state index contributed by atoms with van der Waals surface area (Å²) in [6.07, 6.45) is 0. The van der Waals surface area contributed by atoms with Crippen molar-refractivity contribution in [3.05, 3.63) is 67.1 Å². The number of halogens is 4. The lowest BCUT2D eigenvalue weighted by Gasteiger charge is -2.27. The number of imide groups is 1. The predicted molar refractivity (Wildman–Crippen MR) is 130 cm³/mol. The smallest absolute Gasteiger partial charge is 0.330 e. The van der Waals surface area contributed by atoms with Gasteiger partial charge in [-0.25, -0.2) is 4.79 Å². The fourth-order valence-corrected chi connectivity index (χ4v) is 4.64. The molecule has 2 atom stereocenters. The summed E-state index contributed by atoms with van der Waals surface area (Å²) in [5, 5.41) is 1.89. The molecule has 3 amide bonds. The van der Waals surface area contributed by atoms with Crippen molar-refractivity contribution in [2.75, 3.05) is 6.61 Å². The lowest BCUT2D eigenvalue weighted by Crippen LogP contribution is -2.49. The summed E-state index contributed by atoms with van der Waals surface area (Å²) in [6.45, 7) is 4.43. The number of hydrogen-bond donors (Lipinski definition) is 1. The van der Waals surface area contributed by atoms with Crippen LogP contribution in [0.15, 0.2) is 30.3 Å². The molecule has 0 radical (unpaired) electrons. The van der Waals surface area contributed by atoms with Crippen LogP contribution in [0.5, 0.6) is 0 Å². The molecule has 0 aliphatic carbocycles. The maximum Gasteiger partial charge on any atom is 0.330 e. The average molecular weight is 546 g/mol. The number of ether oxygens (including phenoxy) is 1. The van der Waals surface area contributed by atoms with Crippen molar-refractivity contribution in [1.29, 1.82) is 0 Å². The van der Waals surface area contributed by atoms with Crippen LogP contribution in [0, 0.1) is 5.92 Å². The van der Waals surface area contributed by atoms with Gasteiger partial charge in [-0.2, -0.15) is 0 Å². The molecule has 0 saturated carbocycles. The van der Waals surface area contributed by atoms with Gasteiger partial charge >= 0.3 is 5.97 Å². The normalized spacial score (nSPS) is 14.8. The molecule has 1 aliphatic rings. The van der Waals surface area contributed by atoms with Crippen LogP contribution in [-0.2, 0) is 14.3 Å². The van der Waals surface area contributed by atoms with Crippen molar-refractivity contribution in [3.8, 4) is 0 Å². The number of rotatable bonds is 7. The number of amides is 3. The minimum absolute atomic E-state index is 0.178. The number of nitrogens with zero attached hydrogens (tertiary/aromatic N) is 1. The van der Waals surface area contributed by atoms with E-state index in [1.165, 1.54) is 0 Å². The highest BCUT2D eigenvalue weighted by molar-refractivity contribution is 6.55. The highest BCUT2D eigenvalue weighted by Gasteiger charge is 2.48. The fourth-order valence-electron chi connectivity index (χ4n) is 3.63. The molecule has 1 heterocycles. The first-order valence-corrected chi connectivity index (χ1v) is 11.7. The molecule has 0 unspecified atom stereocenters. The standard InChI is InChI=1S/C23H20Cl4N2O5/c1-10(2)20(23(33)34-9-13(30)28-11(3)12-7-5-4-6-8-12)29-21(31)14-15(22(29)32)17(25)19(27)18(26)16(14)24/h4-8,10-11,20H,9H2,1-3H3,(H,28,30)/t11-,20+/m1/s1. The molecule has 0 fully saturated rings. The summed E-state index contributed by atoms with van der Waals surface area (Å²) < 4.78 is 5.16. The molecule has 7 nitrogen and oxygen atoms in total. The zero-order valence-electron chi connectivity index (χ0n) is 18.3. The summed E-state index contributed by atoms with van der Waals surface area (Å²) >= 11 is 24.4. The van der Waals surface area contributed by atoms with Gasteiger partial charge in [0.1, 0.15) is 6.04 Å². The number of fused-ring (bicyclic) bond motifs is 1. The van der Waals surface area contributed by atoms with Crippen molar-refractivity contribution in [2.45, 2.75) is 32.9 Å². The van der Waals surface area contributed by atoms with Gasteiger partial charge in [0.05, 0.1) is 37.3 Å². The summed E-state index contributed by atoms with van der Waals surface area (Å²) in [7, 11) is 0. The van der Waals surface area contributed by atoms with E-state index in [1.807, 2.05) is 30.3 Å². The Hall–Kier alpha value is -2.32. The number of carbonyl (C=O) groups is 4. The molecule has 2 aromatic carbocycles. The van der Waals surface area contributed by atoms with E-state index in [4.69, 9.17) is 51.1 Å². The molecule has 3 rings (SSSR count). The van der Waals surface area contributed by atoms with E-state index in [2.05, 4.69) is 5.32 Å². The van der Waals surface area contributed by atoms with Crippen molar-refractivity contribution in [2.24, 2.45) is 5.92 Å². The number of esters is 1. The van der Waals surface area contributed by atoms with E-state index >= 15 is 0 Å². The molecule has 1 N–H and O–H groups in total. The van der Waals surface area contributed by atoms with Crippen molar-refractivity contribution >= 4 is 70.1 Å². The molecule has 180 valence electrons. The Morgan fingerprint density at radius 1 is 0.882 bits per heavy atom. The third-order valence-corrected chi connectivity index (χ3v) is 7.11. The van der Waals surface area contributed by atoms with Crippen molar-refractivity contribution in [1.82, 2.24) is 10.2 Å². The van der Waals surface area contributed by atoms with Gasteiger partial charge < -0.3 is 10.1 Å². The van der Waals surface area contributed by atoms with Crippen LogP contribution < -0.4 is 5.32 Å². The highest BCUT2D eigenvalue weighted by Crippen LogP contribution is 2.45. The fraction of sp³-hybridized carbons (Fsp3) is 0.304. The predicted octanol–water partition coefficient (Wildman–Crippen LogP) is 5.34. The minimum Gasteiger partial charge on any atom is -0.454 e. The molecule has 11 heteroatoms. The molecule has 0 bridgehead atoms. The number of benzene rings is 2. The van der Waals surface area contributed by atoms with Gasteiger partial charge in [-0.3, -0.25) is 19.3 Å². The zero-order valence-corrected chi connectivity index (χ0v) is 21.3. The molecule has 2 aromatic rings. The quantitative estimate of drug-likeness (QED) is 0.219. The minimum atomic E-state index is -1.34. The van der Waals surface area contributed by atoms with Crippen LogP contribution in [0.2, 0.25) is 20.1 Å². The van der Waals surface area contributed by atoms with E-state index < -0.39 is 42.3 Å². The second-order valence-corrected chi connectivity index (χ2v) is 9.49. The van der Waals surface area contributed by atoms with Gasteiger partial charge in [-0.05, 0) is 18.4 Å². The average Bonchev–Trinajstić information content (AvgIpc) is 3.05. The Morgan fingerprint density at radius 2 is 1.38 bits per heavy atom. The summed E-state index contributed by atoms with van der Waals surface area (Å²) in [4.78, 5) is 52.2. The second kappa shape index (κ2) is 10.5. The highest BCUT2D eigenvalue weighted by atomic mass is 35.5. The Kier molecular flexibility index (Phi) is 8.14. The van der Waals surface area contributed by atoms with E-state index in [9.17, 15) is 19.2 Å². The SMILES string of the molecule is CC(C)[C@@H](C(=O)OCC(=O)N[C@H](C)c1ccccc1)N1C(=O)c2c(Cl)c(Cl)c(Cl)c(Cl)c2C1=O. The first-order chi connectivity index (χ1) is 16.0. The van der Waals surface area contributed by atoms with Gasteiger partial charge in [0.15, 0.2) is 6.61 Å². The second-order valence-electron chi connectivity index (χ2n) is 7.98. The Balaban J connectivity index is 1.77. The van der Waals surface area contributed by atoms with Crippen LogP contribution in [0.1, 0.15) is 53.1 Å². The topological polar surface area (TPSA) is 92.8 Å². The van der Waals surface area contributed by atoms with Crippen LogP contribution in [0.25, 0.3) is 0 Å². The molecule has 0 saturated heterocycles. The van der Waals surface area contributed by atoms with E-state index in [0.717, 1.165) is 5.56 Å². The van der Waals surface area contributed by atoms with Crippen molar-refractivity contribution in [3.63, 3.8) is 0 Å². The van der Waals surface area contributed by atoms with Gasteiger partial charge in [-0.1, -0.05) is 90.6 Å². The Morgan fingerprint density at radius 3 is 1.85 bits per heavy atom. The molecular weight excluding hydrogens is 526 g/mol. The number of carbonyl (C=O) groups excluding carboxylic acids is 4. The van der Waals surface area contributed by atoms with Gasteiger partial charge in [0.25, 0.3) is 17.7 Å². The lowest BCUT2D eigenvalue weighted by molar-refractivity contribution is -0.153. The maximum absolute atomic E-state index is 13.1. The maximum atomic E-state index is 13.1. The van der Waals surface area contributed by atoms with Gasteiger partial charge in [-0.15, -0.1) is 0 Å². The molecular formula is C23H20Cl4N2O5. The van der Waals surface area contributed by atoms with E-state index in [0.29, 0.717) is 4.90 Å². The van der Waals surface area contributed by atoms with E-state index in [1.54, 1.807) is 20.8 Å². The number of hydrogen-bond acceptors (Lipinski definition) is 5. The lowest BCUT2D eigenvalue weighted by atomic mass is 10.0. The summed E-state index contributed by atoms with van der Waals surface area (Å²) in [5.41, 5.74) is 0.400. The van der Waals surface area contributed by atoms with Gasteiger partial charge in [0, 0.05) is 0 Å². The Labute approximate surface area is 216 Å². The summed E-state index contributed by atoms with van der Waals surface area (Å²) in [5.74, 6) is -3.74. The van der Waals surface area contributed by atoms with Crippen LogP contribution in [-0.4, -0.2) is 41.2 Å². The molecule has 1 aliphatic heterocycles. The number of nitrogens with one attached hydrogen (secondary N) is 1. The van der Waals surface area contributed by atoms with Crippen molar-refractivity contribution < 1.29 is 23.9 Å². The van der Waals surface area contributed by atoms with Crippen LogP contribution >= 0.6 is 46.4 Å². The molecule has 34 heavy (non-hydrogen) atoms. The third kappa shape index (κ3) is 4.89. The third-order valence-electron chi connectivity index (χ3n) is 5.31. The monoisotopic (exact) mass is 544 g/mol. The largest absolute Gasteiger partial charge is 0.454 e. The van der Waals surface area contributed by atoms with Crippen LogP contribution in [0.4, 0.5) is 0 Å². The molecule has 0 spiro atoms. The first-order valence-electron chi connectivity index (χ1n) is 10.2. The molecule has 0 aromatic heterocycles. The van der Waals surface area contributed by atoms with Crippen LogP contribution in [0.3, 0.4) is 0 Å². The summed E-state index contributed by atoms with van der Waals surface area (Å²) in [6, 6.07) is 7.58. The first kappa shape index (κ1) is 26.3. The Bertz CT molecular complexity index is 1120.